The lowest BCUT2D eigenvalue weighted by atomic mass is 9.93. The summed E-state index contributed by atoms with van der Waals surface area (Å²) < 4.78 is 73.2. The standard InChI is InChI=1S/C20H21F5N2O/c1-3-4-11(8-26)17-6-12-10(2)9-28-19(12)18(27-17)13-5-14(20(23,24)25)16(22)7-15(13)21/h5-7,10-11H,3-4,8-9,26H2,1-2H3. The SMILES string of the molecule is CCCC(CN)c1cc2c(c(-c3cc(C(F)(F)F)c(F)cc3F)n1)OCC2C. The molecule has 0 aliphatic carbocycles. The Bertz CT molecular complexity index is 882. The fourth-order valence-corrected chi connectivity index (χ4v) is 3.46. The molecule has 2 unspecified atom stereocenters. The first kappa shape index (κ1) is 20.5. The maximum Gasteiger partial charge on any atom is 0.419 e. The Kier molecular flexibility index (Phi) is 5.61. The molecule has 0 radical (unpaired) electrons. The van der Waals surface area contributed by atoms with Crippen molar-refractivity contribution >= 4 is 0 Å². The molecule has 1 aliphatic rings. The lowest BCUT2D eigenvalue weighted by Gasteiger charge is -2.18. The first-order valence-electron chi connectivity index (χ1n) is 9.11. The Balaban J connectivity index is 2.25. The highest BCUT2D eigenvalue weighted by Gasteiger charge is 2.36. The number of alkyl halides is 3. The minimum absolute atomic E-state index is 0.0267. The van der Waals surface area contributed by atoms with E-state index in [1.54, 1.807) is 0 Å². The van der Waals surface area contributed by atoms with E-state index in [9.17, 15) is 22.0 Å². The Morgan fingerprint density at radius 2 is 1.93 bits per heavy atom. The molecular weight excluding hydrogens is 379 g/mol. The first-order valence-corrected chi connectivity index (χ1v) is 9.11. The van der Waals surface area contributed by atoms with Crippen LogP contribution in [0.25, 0.3) is 11.3 Å². The van der Waals surface area contributed by atoms with Gasteiger partial charge in [0, 0.05) is 41.3 Å². The molecular formula is C20H21F5N2O. The summed E-state index contributed by atoms with van der Waals surface area (Å²) in [5.74, 6) is -2.70. The number of nitrogens with zero attached hydrogens (tertiary/aromatic N) is 1. The molecule has 0 saturated heterocycles. The fourth-order valence-electron chi connectivity index (χ4n) is 3.46. The number of halogens is 5. The van der Waals surface area contributed by atoms with Crippen molar-refractivity contribution in [2.45, 2.75) is 44.7 Å². The van der Waals surface area contributed by atoms with Gasteiger partial charge in [0.25, 0.3) is 0 Å². The third-order valence-corrected chi connectivity index (χ3v) is 4.99. The maximum absolute atomic E-state index is 14.5. The quantitative estimate of drug-likeness (QED) is 0.685. The number of hydrogen-bond acceptors (Lipinski definition) is 3. The van der Waals surface area contributed by atoms with Crippen molar-refractivity contribution in [3.63, 3.8) is 0 Å². The molecule has 2 N–H and O–H groups in total. The van der Waals surface area contributed by atoms with Gasteiger partial charge in [-0.1, -0.05) is 20.3 Å². The third-order valence-electron chi connectivity index (χ3n) is 4.99. The summed E-state index contributed by atoms with van der Waals surface area (Å²) in [4.78, 5) is 4.42. The second kappa shape index (κ2) is 7.66. The van der Waals surface area contributed by atoms with Crippen LogP contribution in [0.1, 0.15) is 55.3 Å². The predicted molar refractivity (Wildman–Crippen MR) is 95.2 cm³/mol. The molecule has 1 aliphatic heterocycles. The molecule has 3 rings (SSSR count). The molecule has 3 nitrogen and oxygen atoms in total. The average molecular weight is 400 g/mol. The van der Waals surface area contributed by atoms with E-state index < -0.39 is 28.9 Å². The number of fused-ring (bicyclic) bond motifs is 1. The van der Waals surface area contributed by atoms with E-state index >= 15 is 0 Å². The van der Waals surface area contributed by atoms with E-state index in [4.69, 9.17) is 10.5 Å². The third kappa shape index (κ3) is 3.70. The summed E-state index contributed by atoms with van der Waals surface area (Å²) >= 11 is 0. The highest BCUT2D eigenvalue weighted by atomic mass is 19.4. The Morgan fingerprint density at radius 1 is 1.21 bits per heavy atom. The van der Waals surface area contributed by atoms with Gasteiger partial charge in [-0.05, 0) is 18.6 Å². The summed E-state index contributed by atoms with van der Waals surface area (Å²) in [6, 6.07) is 2.53. The molecule has 152 valence electrons. The molecule has 0 amide bonds. The van der Waals surface area contributed by atoms with Crippen LogP contribution in [0, 0.1) is 11.6 Å². The highest BCUT2D eigenvalue weighted by molar-refractivity contribution is 5.71. The zero-order valence-electron chi connectivity index (χ0n) is 15.5. The smallest absolute Gasteiger partial charge is 0.419 e. The molecule has 0 bridgehead atoms. The van der Waals surface area contributed by atoms with Gasteiger partial charge in [-0.2, -0.15) is 13.2 Å². The summed E-state index contributed by atoms with van der Waals surface area (Å²) in [6.07, 6.45) is -3.38. The molecule has 2 atom stereocenters. The number of aromatic nitrogens is 1. The fraction of sp³-hybridized carbons (Fsp3) is 0.450. The molecule has 2 heterocycles. The molecule has 8 heteroatoms. The lowest BCUT2D eigenvalue weighted by Crippen LogP contribution is -2.15. The highest BCUT2D eigenvalue weighted by Crippen LogP contribution is 2.44. The van der Waals surface area contributed by atoms with Gasteiger partial charge < -0.3 is 10.5 Å². The molecule has 0 saturated carbocycles. The predicted octanol–water partition coefficient (Wildman–Crippen LogP) is 5.38. The van der Waals surface area contributed by atoms with Crippen LogP contribution in [-0.4, -0.2) is 18.1 Å². The van der Waals surface area contributed by atoms with Gasteiger partial charge in [-0.25, -0.2) is 13.8 Å². The van der Waals surface area contributed by atoms with Crippen molar-refractivity contribution in [1.29, 1.82) is 0 Å². The van der Waals surface area contributed by atoms with Crippen LogP contribution in [0.3, 0.4) is 0 Å². The van der Waals surface area contributed by atoms with Crippen LogP contribution in [0.5, 0.6) is 5.75 Å². The zero-order valence-corrected chi connectivity index (χ0v) is 15.5. The van der Waals surface area contributed by atoms with Gasteiger partial charge in [0.1, 0.15) is 23.1 Å². The summed E-state index contributed by atoms with van der Waals surface area (Å²) in [7, 11) is 0. The van der Waals surface area contributed by atoms with Gasteiger partial charge in [0.05, 0.1) is 12.2 Å². The van der Waals surface area contributed by atoms with E-state index in [2.05, 4.69) is 4.98 Å². The lowest BCUT2D eigenvalue weighted by molar-refractivity contribution is -0.140. The van der Waals surface area contributed by atoms with Crippen molar-refractivity contribution in [3.05, 3.63) is 46.7 Å². The van der Waals surface area contributed by atoms with Crippen LogP contribution in [-0.2, 0) is 6.18 Å². The van der Waals surface area contributed by atoms with Crippen LogP contribution in [0.4, 0.5) is 22.0 Å². The van der Waals surface area contributed by atoms with E-state index in [1.165, 1.54) is 0 Å². The summed E-state index contributed by atoms with van der Waals surface area (Å²) in [5, 5.41) is 0. The Hall–Kier alpha value is -2.22. The van der Waals surface area contributed by atoms with Gasteiger partial charge in [-0.15, -0.1) is 0 Å². The molecule has 0 fully saturated rings. The number of benzene rings is 1. The van der Waals surface area contributed by atoms with Gasteiger partial charge in [-0.3, -0.25) is 0 Å². The first-order chi connectivity index (χ1) is 13.2. The molecule has 0 spiro atoms. The van der Waals surface area contributed by atoms with E-state index in [0.29, 0.717) is 24.9 Å². The van der Waals surface area contributed by atoms with Crippen molar-refractivity contribution in [2.75, 3.05) is 13.2 Å². The zero-order chi connectivity index (χ0) is 20.6. The maximum atomic E-state index is 14.5. The minimum Gasteiger partial charge on any atom is -0.490 e. The summed E-state index contributed by atoms with van der Waals surface area (Å²) in [6.45, 7) is 4.49. The molecule has 1 aromatic heterocycles. The van der Waals surface area contributed by atoms with Crippen LogP contribution < -0.4 is 10.5 Å². The number of nitrogens with two attached hydrogens (primary N) is 1. The van der Waals surface area contributed by atoms with Gasteiger partial charge >= 0.3 is 6.18 Å². The number of ether oxygens (including phenoxy) is 1. The number of rotatable bonds is 5. The van der Waals surface area contributed by atoms with Gasteiger partial charge in [0.15, 0.2) is 0 Å². The van der Waals surface area contributed by atoms with Crippen molar-refractivity contribution in [3.8, 4) is 17.0 Å². The monoisotopic (exact) mass is 400 g/mol. The van der Waals surface area contributed by atoms with E-state index in [0.717, 1.165) is 18.4 Å². The number of pyridine rings is 1. The van der Waals surface area contributed by atoms with Crippen molar-refractivity contribution in [1.82, 2.24) is 4.98 Å². The summed E-state index contributed by atoms with van der Waals surface area (Å²) in [5.41, 5.74) is 5.14. The number of hydrogen-bond donors (Lipinski definition) is 1. The van der Waals surface area contributed by atoms with E-state index in [-0.39, 0.29) is 29.3 Å². The topological polar surface area (TPSA) is 48.1 Å². The molecule has 1 aromatic carbocycles. The average Bonchev–Trinajstić information content (AvgIpc) is 2.99. The van der Waals surface area contributed by atoms with Crippen LogP contribution >= 0.6 is 0 Å². The van der Waals surface area contributed by atoms with Crippen molar-refractivity contribution < 1.29 is 26.7 Å². The largest absolute Gasteiger partial charge is 0.490 e. The minimum atomic E-state index is -4.95. The molecule has 2 aromatic rings. The molecule has 28 heavy (non-hydrogen) atoms. The van der Waals surface area contributed by atoms with Gasteiger partial charge in [0.2, 0.25) is 0 Å². The van der Waals surface area contributed by atoms with Crippen molar-refractivity contribution in [2.24, 2.45) is 5.73 Å². The second-order valence-electron chi connectivity index (χ2n) is 7.06. The second-order valence-corrected chi connectivity index (χ2v) is 7.06. The van der Waals surface area contributed by atoms with Crippen LogP contribution in [0.15, 0.2) is 18.2 Å². The van der Waals surface area contributed by atoms with E-state index in [1.807, 2.05) is 19.9 Å². The Morgan fingerprint density at radius 3 is 2.54 bits per heavy atom. The Labute approximate surface area is 159 Å². The normalized spacial score (nSPS) is 17.4. The van der Waals surface area contributed by atoms with Crippen LogP contribution in [0.2, 0.25) is 0 Å².